The highest BCUT2D eigenvalue weighted by atomic mass is 16.6. The van der Waals surface area contributed by atoms with Crippen molar-refractivity contribution in [1.82, 2.24) is 5.32 Å². The average Bonchev–Trinajstić information content (AvgIpc) is 2.46. The minimum atomic E-state index is -0.346. The Balaban J connectivity index is 2.94. The third-order valence-corrected chi connectivity index (χ3v) is 3.63. The molecule has 1 aromatic carbocycles. The lowest BCUT2D eigenvalue weighted by atomic mass is 9.97. The summed E-state index contributed by atoms with van der Waals surface area (Å²) in [6.45, 7) is 7.04. The van der Waals surface area contributed by atoms with Gasteiger partial charge in [0.05, 0.1) is 11.5 Å². The van der Waals surface area contributed by atoms with Gasteiger partial charge in [0.25, 0.3) is 5.69 Å². The van der Waals surface area contributed by atoms with Gasteiger partial charge in [0, 0.05) is 31.3 Å². The minimum Gasteiger partial charge on any atom is -0.383 e. The molecule has 2 atom stereocenters. The van der Waals surface area contributed by atoms with E-state index < -0.39 is 0 Å². The Kier molecular flexibility index (Phi) is 7.32. The highest BCUT2D eigenvalue weighted by molar-refractivity contribution is 5.35. The first-order valence-corrected chi connectivity index (χ1v) is 7.48. The number of ether oxygens (including phenoxy) is 1. The van der Waals surface area contributed by atoms with E-state index in [4.69, 9.17) is 4.74 Å². The first-order chi connectivity index (χ1) is 9.99. The van der Waals surface area contributed by atoms with Crippen LogP contribution in [0.5, 0.6) is 0 Å². The van der Waals surface area contributed by atoms with E-state index in [0.29, 0.717) is 12.5 Å². The summed E-state index contributed by atoms with van der Waals surface area (Å²) in [5, 5.41) is 14.5. The summed E-state index contributed by atoms with van der Waals surface area (Å²) < 4.78 is 5.27. The van der Waals surface area contributed by atoms with Crippen LogP contribution >= 0.6 is 0 Å². The molecule has 1 aromatic rings. The molecule has 1 rings (SSSR count). The summed E-state index contributed by atoms with van der Waals surface area (Å²) >= 11 is 0. The molecule has 1 N–H and O–H groups in total. The van der Waals surface area contributed by atoms with Gasteiger partial charge < -0.3 is 10.1 Å². The molecule has 5 heteroatoms. The Morgan fingerprint density at radius 3 is 2.62 bits per heavy atom. The maximum Gasteiger partial charge on any atom is 0.269 e. The first kappa shape index (κ1) is 17.6. The maximum atomic E-state index is 10.9. The smallest absolute Gasteiger partial charge is 0.269 e. The van der Waals surface area contributed by atoms with E-state index in [1.54, 1.807) is 19.2 Å². The van der Waals surface area contributed by atoms with Crippen LogP contribution in [0.1, 0.15) is 45.2 Å². The van der Waals surface area contributed by atoms with Crippen molar-refractivity contribution < 1.29 is 9.66 Å². The Labute approximate surface area is 126 Å². The Bertz CT molecular complexity index is 449. The predicted molar refractivity (Wildman–Crippen MR) is 84.4 cm³/mol. The fourth-order valence-electron chi connectivity index (χ4n) is 2.36. The molecule has 2 unspecified atom stereocenters. The maximum absolute atomic E-state index is 10.9. The van der Waals surface area contributed by atoms with Crippen molar-refractivity contribution in [3.63, 3.8) is 0 Å². The van der Waals surface area contributed by atoms with Crippen molar-refractivity contribution in [2.24, 2.45) is 5.92 Å². The molecule has 0 radical (unpaired) electrons. The van der Waals surface area contributed by atoms with E-state index >= 15 is 0 Å². The lowest BCUT2D eigenvalue weighted by Crippen LogP contribution is -2.40. The van der Waals surface area contributed by atoms with Crippen LogP contribution in [0, 0.1) is 16.0 Å². The van der Waals surface area contributed by atoms with Crippen LogP contribution < -0.4 is 5.32 Å². The summed E-state index contributed by atoms with van der Waals surface area (Å²) in [5.74, 6) is 0.433. The van der Waals surface area contributed by atoms with Gasteiger partial charge in [-0.1, -0.05) is 39.3 Å². The van der Waals surface area contributed by atoms with Crippen molar-refractivity contribution in [2.45, 2.75) is 45.7 Å². The second-order valence-corrected chi connectivity index (χ2v) is 5.67. The molecule has 0 spiro atoms. The van der Waals surface area contributed by atoms with Crippen molar-refractivity contribution in [2.75, 3.05) is 13.7 Å². The van der Waals surface area contributed by atoms with Crippen molar-refractivity contribution >= 4 is 5.69 Å². The molecule has 0 heterocycles. The van der Waals surface area contributed by atoms with Crippen molar-refractivity contribution in [1.29, 1.82) is 0 Å². The van der Waals surface area contributed by atoms with Crippen LogP contribution in [0.15, 0.2) is 24.3 Å². The molecule has 0 saturated heterocycles. The molecular weight excluding hydrogens is 268 g/mol. The SMILES string of the molecule is CCCC(NC(COC)C(C)C)c1cccc([N+](=O)[O-])c1. The van der Waals surface area contributed by atoms with Gasteiger partial charge in [0.15, 0.2) is 0 Å². The molecule has 0 aliphatic rings. The van der Waals surface area contributed by atoms with Gasteiger partial charge in [-0.2, -0.15) is 0 Å². The monoisotopic (exact) mass is 294 g/mol. The van der Waals surface area contributed by atoms with Gasteiger partial charge >= 0.3 is 0 Å². The molecular formula is C16H26N2O3. The van der Waals surface area contributed by atoms with E-state index in [1.807, 2.05) is 6.07 Å². The molecule has 21 heavy (non-hydrogen) atoms. The molecule has 0 aliphatic carbocycles. The predicted octanol–water partition coefficient (Wildman–Crippen LogP) is 3.70. The van der Waals surface area contributed by atoms with Crippen LogP contribution in [0.4, 0.5) is 5.69 Å². The molecule has 0 bridgehead atoms. The van der Waals surface area contributed by atoms with Gasteiger partial charge in [0.2, 0.25) is 0 Å². The van der Waals surface area contributed by atoms with Crippen LogP contribution in [-0.2, 0) is 4.74 Å². The Morgan fingerprint density at radius 2 is 2.10 bits per heavy atom. The average molecular weight is 294 g/mol. The van der Waals surface area contributed by atoms with Gasteiger partial charge in [0.1, 0.15) is 0 Å². The number of hydrogen-bond donors (Lipinski definition) is 1. The molecule has 0 aliphatic heterocycles. The quantitative estimate of drug-likeness (QED) is 0.557. The fourth-order valence-corrected chi connectivity index (χ4v) is 2.36. The Morgan fingerprint density at radius 1 is 1.38 bits per heavy atom. The molecule has 118 valence electrons. The normalized spacial score (nSPS) is 14.1. The third kappa shape index (κ3) is 5.44. The number of nitro benzene ring substituents is 1. The summed E-state index contributed by atoms with van der Waals surface area (Å²) in [7, 11) is 1.69. The number of nitro groups is 1. The number of benzene rings is 1. The molecule has 5 nitrogen and oxygen atoms in total. The highest BCUT2D eigenvalue weighted by Gasteiger charge is 2.20. The lowest BCUT2D eigenvalue weighted by Gasteiger charge is -2.28. The highest BCUT2D eigenvalue weighted by Crippen LogP contribution is 2.24. The molecule has 0 amide bonds. The molecule has 0 fully saturated rings. The van der Waals surface area contributed by atoms with Gasteiger partial charge in [-0.05, 0) is 17.9 Å². The van der Waals surface area contributed by atoms with Crippen molar-refractivity contribution in [3.8, 4) is 0 Å². The molecule has 0 saturated carbocycles. The van der Waals surface area contributed by atoms with E-state index in [2.05, 4.69) is 26.1 Å². The number of hydrogen-bond acceptors (Lipinski definition) is 4. The number of methoxy groups -OCH3 is 1. The van der Waals surface area contributed by atoms with Crippen molar-refractivity contribution in [3.05, 3.63) is 39.9 Å². The summed E-state index contributed by atoms with van der Waals surface area (Å²) in [4.78, 5) is 10.6. The second kappa shape index (κ2) is 8.74. The minimum absolute atomic E-state index is 0.109. The van der Waals surface area contributed by atoms with Gasteiger partial charge in [-0.3, -0.25) is 10.1 Å². The lowest BCUT2D eigenvalue weighted by molar-refractivity contribution is -0.384. The van der Waals surface area contributed by atoms with Crippen LogP contribution in [-0.4, -0.2) is 24.7 Å². The number of non-ortho nitro benzene ring substituents is 1. The van der Waals surface area contributed by atoms with E-state index in [-0.39, 0.29) is 22.7 Å². The zero-order chi connectivity index (χ0) is 15.8. The van der Waals surface area contributed by atoms with Crippen LogP contribution in [0.2, 0.25) is 0 Å². The summed E-state index contributed by atoms with van der Waals surface area (Å²) in [6.07, 6.45) is 1.95. The zero-order valence-electron chi connectivity index (χ0n) is 13.3. The third-order valence-electron chi connectivity index (χ3n) is 3.63. The van der Waals surface area contributed by atoms with Gasteiger partial charge in [-0.25, -0.2) is 0 Å². The van der Waals surface area contributed by atoms with E-state index in [9.17, 15) is 10.1 Å². The largest absolute Gasteiger partial charge is 0.383 e. The van der Waals surface area contributed by atoms with Gasteiger partial charge in [-0.15, -0.1) is 0 Å². The van der Waals surface area contributed by atoms with Crippen LogP contribution in [0.3, 0.4) is 0 Å². The fraction of sp³-hybridized carbons (Fsp3) is 0.625. The number of nitrogens with one attached hydrogen (secondary N) is 1. The standard InChI is InChI=1S/C16H26N2O3/c1-5-7-15(17-16(11-21-4)12(2)3)13-8-6-9-14(10-13)18(19)20/h6,8-10,12,15-17H,5,7,11H2,1-4H3. The zero-order valence-corrected chi connectivity index (χ0v) is 13.3. The summed E-state index contributed by atoms with van der Waals surface area (Å²) in [6, 6.07) is 7.23. The summed E-state index contributed by atoms with van der Waals surface area (Å²) in [5.41, 5.74) is 1.11. The van der Waals surface area contributed by atoms with E-state index in [0.717, 1.165) is 18.4 Å². The van der Waals surface area contributed by atoms with Crippen LogP contribution in [0.25, 0.3) is 0 Å². The number of nitrogens with zero attached hydrogens (tertiary/aromatic N) is 1. The molecule has 0 aromatic heterocycles. The Hall–Kier alpha value is -1.46. The van der Waals surface area contributed by atoms with E-state index in [1.165, 1.54) is 6.07 Å². The topological polar surface area (TPSA) is 64.4 Å². The first-order valence-electron chi connectivity index (χ1n) is 7.48. The number of rotatable bonds is 9. The second-order valence-electron chi connectivity index (χ2n) is 5.67.